The fraction of sp³-hybridized carbons (Fsp3) is 0.529. The second-order valence-electron chi connectivity index (χ2n) is 6.77. The van der Waals surface area contributed by atoms with Gasteiger partial charge in [0.2, 0.25) is 0 Å². The standard InChI is InChI=1S/C17H24N2O3/c1-17(2,3)19(16(21)22)14-11-7-10-13(14)18-15(20)12-8-5-4-6-9-12/h4-6,8-9,13-14H,7,10-11H2,1-3H3,(H,18,20)(H,21,22). The molecular formula is C17H24N2O3. The molecule has 2 N–H and O–H groups in total. The minimum absolute atomic E-state index is 0.136. The van der Waals surface area contributed by atoms with Crippen molar-refractivity contribution in [1.82, 2.24) is 10.2 Å². The molecule has 0 bridgehead atoms. The highest BCUT2D eigenvalue weighted by atomic mass is 16.4. The number of nitrogens with zero attached hydrogens (tertiary/aromatic N) is 1. The van der Waals surface area contributed by atoms with Gasteiger partial charge in [-0.25, -0.2) is 4.79 Å². The Hall–Kier alpha value is -2.04. The first kappa shape index (κ1) is 16.3. The van der Waals surface area contributed by atoms with E-state index < -0.39 is 11.6 Å². The molecule has 2 atom stereocenters. The molecule has 1 aromatic carbocycles. The zero-order chi connectivity index (χ0) is 16.3. The zero-order valence-electron chi connectivity index (χ0n) is 13.4. The van der Waals surface area contributed by atoms with Gasteiger partial charge in [-0.15, -0.1) is 0 Å². The number of nitrogens with one attached hydrogen (secondary N) is 1. The molecule has 22 heavy (non-hydrogen) atoms. The number of rotatable bonds is 3. The monoisotopic (exact) mass is 304 g/mol. The van der Waals surface area contributed by atoms with Gasteiger partial charge in [0.05, 0.1) is 6.04 Å². The van der Waals surface area contributed by atoms with Crippen molar-refractivity contribution in [1.29, 1.82) is 0 Å². The van der Waals surface area contributed by atoms with E-state index in [0.717, 1.165) is 19.3 Å². The van der Waals surface area contributed by atoms with Gasteiger partial charge in [-0.3, -0.25) is 9.69 Å². The molecule has 5 nitrogen and oxygen atoms in total. The summed E-state index contributed by atoms with van der Waals surface area (Å²) in [6.07, 6.45) is 1.58. The van der Waals surface area contributed by atoms with E-state index in [-0.39, 0.29) is 18.0 Å². The topological polar surface area (TPSA) is 69.6 Å². The average Bonchev–Trinajstić information content (AvgIpc) is 2.85. The first-order chi connectivity index (χ1) is 10.3. The molecule has 2 unspecified atom stereocenters. The number of carbonyl (C=O) groups excluding carboxylic acids is 1. The molecule has 1 aromatic rings. The molecule has 0 saturated heterocycles. The normalized spacial score (nSPS) is 21.4. The van der Waals surface area contributed by atoms with Crippen LogP contribution in [0.4, 0.5) is 4.79 Å². The van der Waals surface area contributed by atoms with Crippen LogP contribution < -0.4 is 5.32 Å². The summed E-state index contributed by atoms with van der Waals surface area (Å²) in [7, 11) is 0. The van der Waals surface area contributed by atoms with Gasteiger partial charge in [-0.2, -0.15) is 0 Å². The van der Waals surface area contributed by atoms with Gasteiger partial charge < -0.3 is 10.4 Å². The summed E-state index contributed by atoms with van der Waals surface area (Å²) >= 11 is 0. The first-order valence-corrected chi connectivity index (χ1v) is 7.69. The minimum atomic E-state index is -0.932. The lowest BCUT2D eigenvalue weighted by Crippen LogP contribution is -2.57. The molecule has 1 aliphatic carbocycles. The number of hydrogen-bond donors (Lipinski definition) is 2. The smallest absolute Gasteiger partial charge is 0.408 e. The van der Waals surface area contributed by atoms with Crippen molar-refractivity contribution >= 4 is 12.0 Å². The van der Waals surface area contributed by atoms with E-state index in [1.807, 2.05) is 39.0 Å². The Labute approximate surface area is 131 Å². The lowest BCUT2D eigenvalue weighted by atomic mass is 10.0. The van der Waals surface area contributed by atoms with Gasteiger partial charge in [0.25, 0.3) is 5.91 Å². The molecule has 1 fully saturated rings. The Kier molecular flexibility index (Phi) is 4.74. The SMILES string of the molecule is CC(C)(C)N(C(=O)O)C1CCCC1NC(=O)c1ccccc1. The average molecular weight is 304 g/mol. The van der Waals surface area contributed by atoms with Crippen LogP contribution in [0.25, 0.3) is 0 Å². The Balaban J connectivity index is 2.13. The van der Waals surface area contributed by atoms with E-state index in [0.29, 0.717) is 5.56 Å². The van der Waals surface area contributed by atoms with E-state index in [9.17, 15) is 14.7 Å². The Bertz CT molecular complexity index is 537. The summed E-state index contributed by atoms with van der Waals surface area (Å²) in [6.45, 7) is 5.65. The zero-order valence-corrected chi connectivity index (χ0v) is 13.4. The van der Waals surface area contributed by atoms with Crippen molar-refractivity contribution in [3.63, 3.8) is 0 Å². The van der Waals surface area contributed by atoms with Crippen molar-refractivity contribution in [2.24, 2.45) is 0 Å². The fourth-order valence-electron chi connectivity index (χ4n) is 3.19. The Morgan fingerprint density at radius 2 is 1.82 bits per heavy atom. The highest BCUT2D eigenvalue weighted by Gasteiger charge is 2.40. The predicted octanol–water partition coefficient (Wildman–Crippen LogP) is 3.12. The van der Waals surface area contributed by atoms with Crippen molar-refractivity contribution < 1.29 is 14.7 Å². The van der Waals surface area contributed by atoms with Gasteiger partial charge in [0.15, 0.2) is 0 Å². The van der Waals surface area contributed by atoms with Crippen LogP contribution in [0.1, 0.15) is 50.4 Å². The van der Waals surface area contributed by atoms with Crippen LogP contribution in [-0.2, 0) is 0 Å². The maximum atomic E-state index is 12.3. The third-order valence-electron chi connectivity index (χ3n) is 4.09. The third kappa shape index (κ3) is 3.59. The molecule has 0 aliphatic heterocycles. The number of carboxylic acid groups (broad SMARTS) is 1. The maximum Gasteiger partial charge on any atom is 0.408 e. The molecule has 5 heteroatoms. The third-order valence-corrected chi connectivity index (χ3v) is 4.09. The van der Waals surface area contributed by atoms with Crippen LogP contribution in [-0.4, -0.2) is 39.6 Å². The van der Waals surface area contributed by atoms with Gasteiger partial charge >= 0.3 is 6.09 Å². The fourth-order valence-corrected chi connectivity index (χ4v) is 3.19. The number of carbonyl (C=O) groups is 2. The van der Waals surface area contributed by atoms with Crippen molar-refractivity contribution in [3.05, 3.63) is 35.9 Å². The Morgan fingerprint density at radius 3 is 2.36 bits per heavy atom. The highest BCUT2D eigenvalue weighted by Crippen LogP contribution is 2.30. The molecule has 0 aromatic heterocycles. The van der Waals surface area contributed by atoms with Crippen molar-refractivity contribution in [2.75, 3.05) is 0 Å². The van der Waals surface area contributed by atoms with Crippen molar-refractivity contribution in [3.8, 4) is 0 Å². The largest absolute Gasteiger partial charge is 0.465 e. The van der Waals surface area contributed by atoms with Gasteiger partial charge in [-0.1, -0.05) is 18.2 Å². The van der Waals surface area contributed by atoms with Gasteiger partial charge in [0, 0.05) is 17.1 Å². The number of benzene rings is 1. The molecule has 0 spiro atoms. The summed E-state index contributed by atoms with van der Waals surface area (Å²) in [5.41, 5.74) is 0.113. The molecule has 2 amide bonds. The molecule has 120 valence electrons. The summed E-state index contributed by atoms with van der Waals surface area (Å²) < 4.78 is 0. The summed E-state index contributed by atoms with van der Waals surface area (Å²) in [6, 6.07) is 8.71. The number of amides is 2. The van der Waals surface area contributed by atoms with Gasteiger partial charge in [0.1, 0.15) is 0 Å². The molecule has 1 saturated carbocycles. The van der Waals surface area contributed by atoms with E-state index in [1.54, 1.807) is 12.1 Å². The molecule has 0 radical (unpaired) electrons. The molecule has 2 rings (SSSR count). The van der Waals surface area contributed by atoms with E-state index in [4.69, 9.17) is 0 Å². The van der Waals surface area contributed by atoms with Gasteiger partial charge in [-0.05, 0) is 52.2 Å². The highest BCUT2D eigenvalue weighted by molar-refractivity contribution is 5.94. The second-order valence-corrected chi connectivity index (χ2v) is 6.77. The van der Waals surface area contributed by atoms with Crippen molar-refractivity contribution in [2.45, 2.75) is 57.7 Å². The lowest BCUT2D eigenvalue weighted by molar-refractivity contribution is 0.0596. The molecular weight excluding hydrogens is 280 g/mol. The summed E-state index contributed by atoms with van der Waals surface area (Å²) in [5, 5.41) is 12.6. The lowest BCUT2D eigenvalue weighted by Gasteiger charge is -2.40. The second kappa shape index (κ2) is 6.38. The van der Waals surface area contributed by atoms with Crippen LogP contribution in [0.5, 0.6) is 0 Å². The van der Waals surface area contributed by atoms with Crippen LogP contribution >= 0.6 is 0 Å². The van der Waals surface area contributed by atoms with E-state index in [2.05, 4.69) is 5.32 Å². The minimum Gasteiger partial charge on any atom is -0.465 e. The summed E-state index contributed by atoms with van der Waals surface area (Å²) in [5.74, 6) is -0.142. The molecule has 1 aliphatic rings. The van der Waals surface area contributed by atoms with Crippen LogP contribution in [0, 0.1) is 0 Å². The van der Waals surface area contributed by atoms with Crippen LogP contribution in [0.15, 0.2) is 30.3 Å². The summed E-state index contributed by atoms with van der Waals surface area (Å²) in [4.78, 5) is 25.4. The van der Waals surface area contributed by atoms with E-state index in [1.165, 1.54) is 4.90 Å². The Morgan fingerprint density at radius 1 is 1.18 bits per heavy atom. The molecule has 0 heterocycles. The van der Waals surface area contributed by atoms with Crippen LogP contribution in [0.3, 0.4) is 0 Å². The van der Waals surface area contributed by atoms with E-state index >= 15 is 0 Å². The maximum absolute atomic E-state index is 12.3. The first-order valence-electron chi connectivity index (χ1n) is 7.69. The predicted molar refractivity (Wildman–Crippen MR) is 85.0 cm³/mol. The quantitative estimate of drug-likeness (QED) is 0.901. The van der Waals surface area contributed by atoms with Crippen LogP contribution in [0.2, 0.25) is 0 Å². The number of hydrogen-bond acceptors (Lipinski definition) is 2.